The minimum absolute atomic E-state index is 0.0114. The number of nitrogens with zero attached hydrogens (tertiary/aromatic N) is 4. The molecule has 2 aliphatic rings. The number of ether oxygens (including phenoxy) is 1. The summed E-state index contributed by atoms with van der Waals surface area (Å²) in [5.41, 5.74) is 1.72. The molecule has 1 amide bonds. The normalized spacial score (nSPS) is 22.8. The van der Waals surface area contributed by atoms with Crippen molar-refractivity contribution >= 4 is 17.5 Å². The van der Waals surface area contributed by atoms with Gasteiger partial charge in [0.2, 0.25) is 5.91 Å². The SMILES string of the molecule is O=C(Cc1ccc(O)c(Cl)c1)N1CC[C@H]2OCc3cnnn3[C@H]2C1. The van der Waals surface area contributed by atoms with Gasteiger partial charge in [0.1, 0.15) is 5.75 Å². The Balaban J connectivity index is 1.47. The number of rotatable bonds is 2. The van der Waals surface area contributed by atoms with Crippen LogP contribution in [0.2, 0.25) is 5.02 Å². The molecule has 7 nitrogen and oxygen atoms in total. The molecule has 0 unspecified atom stereocenters. The second kappa shape index (κ2) is 6.07. The van der Waals surface area contributed by atoms with E-state index in [2.05, 4.69) is 10.3 Å². The summed E-state index contributed by atoms with van der Waals surface area (Å²) in [6.07, 6.45) is 2.82. The lowest BCUT2D eigenvalue weighted by atomic mass is 9.99. The first-order valence-electron chi connectivity index (χ1n) is 7.87. The quantitative estimate of drug-likeness (QED) is 0.890. The van der Waals surface area contributed by atoms with Crippen molar-refractivity contribution in [1.29, 1.82) is 0 Å². The highest BCUT2D eigenvalue weighted by Crippen LogP contribution is 2.30. The molecule has 0 saturated carbocycles. The Morgan fingerprint density at radius 2 is 2.33 bits per heavy atom. The van der Waals surface area contributed by atoms with E-state index in [1.54, 1.807) is 18.3 Å². The summed E-state index contributed by atoms with van der Waals surface area (Å²) in [6, 6.07) is 4.86. The summed E-state index contributed by atoms with van der Waals surface area (Å²) < 4.78 is 7.74. The zero-order valence-electron chi connectivity index (χ0n) is 12.9. The Bertz CT molecular complexity index is 778. The number of aromatic nitrogens is 3. The zero-order valence-corrected chi connectivity index (χ0v) is 13.7. The number of carbonyl (C=O) groups excluding carboxylic acids is 1. The summed E-state index contributed by atoms with van der Waals surface area (Å²) in [5.74, 6) is 0.0502. The molecular formula is C16H17ClN4O3. The first-order valence-corrected chi connectivity index (χ1v) is 8.25. The van der Waals surface area contributed by atoms with Crippen molar-refractivity contribution in [2.24, 2.45) is 0 Å². The molecular weight excluding hydrogens is 332 g/mol. The smallest absolute Gasteiger partial charge is 0.227 e. The monoisotopic (exact) mass is 348 g/mol. The molecule has 2 atom stereocenters. The lowest BCUT2D eigenvalue weighted by Gasteiger charge is -2.41. The van der Waals surface area contributed by atoms with Crippen molar-refractivity contribution in [2.45, 2.75) is 31.6 Å². The van der Waals surface area contributed by atoms with Gasteiger partial charge in [-0.05, 0) is 24.1 Å². The van der Waals surface area contributed by atoms with Gasteiger partial charge in [0.15, 0.2) is 0 Å². The van der Waals surface area contributed by atoms with E-state index in [1.807, 2.05) is 9.58 Å². The van der Waals surface area contributed by atoms with E-state index in [0.717, 1.165) is 17.7 Å². The molecule has 3 heterocycles. The highest BCUT2D eigenvalue weighted by molar-refractivity contribution is 6.32. The molecule has 1 N–H and O–H groups in total. The molecule has 4 rings (SSSR count). The van der Waals surface area contributed by atoms with Crippen LogP contribution in [0.4, 0.5) is 0 Å². The summed E-state index contributed by atoms with van der Waals surface area (Å²) in [7, 11) is 0. The molecule has 1 fully saturated rings. The average Bonchev–Trinajstić information content (AvgIpc) is 3.07. The van der Waals surface area contributed by atoms with Crippen molar-refractivity contribution in [2.75, 3.05) is 13.1 Å². The fraction of sp³-hybridized carbons (Fsp3) is 0.438. The lowest BCUT2D eigenvalue weighted by Crippen LogP contribution is -2.50. The zero-order chi connectivity index (χ0) is 16.7. The Kier molecular flexibility index (Phi) is 3.90. The topological polar surface area (TPSA) is 80.5 Å². The highest BCUT2D eigenvalue weighted by Gasteiger charge is 2.37. The van der Waals surface area contributed by atoms with Crippen molar-refractivity contribution in [1.82, 2.24) is 19.9 Å². The van der Waals surface area contributed by atoms with Crippen LogP contribution in [-0.4, -0.2) is 50.1 Å². The highest BCUT2D eigenvalue weighted by atomic mass is 35.5. The van der Waals surface area contributed by atoms with Crippen LogP contribution in [0.15, 0.2) is 24.4 Å². The Morgan fingerprint density at radius 1 is 1.46 bits per heavy atom. The maximum atomic E-state index is 12.6. The molecule has 1 aromatic carbocycles. The lowest BCUT2D eigenvalue weighted by molar-refractivity contribution is -0.137. The molecule has 1 aromatic heterocycles. The Hall–Kier alpha value is -2.12. The van der Waals surface area contributed by atoms with Gasteiger partial charge >= 0.3 is 0 Å². The number of aromatic hydroxyl groups is 1. The van der Waals surface area contributed by atoms with Crippen LogP contribution in [0.3, 0.4) is 0 Å². The van der Waals surface area contributed by atoms with Crippen LogP contribution in [-0.2, 0) is 22.6 Å². The molecule has 1 saturated heterocycles. The van der Waals surface area contributed by atoms with Crippen LogP contribution in [0, 0.1) is 0 Å². The van der Waals surface area contributed by atoms with Gasteiger partial charge < -0.3 is 14.7 Å². The third-order valence-electron chi connectivity index (χ3n) is 4.65. The van der Waals surface area contributed by atoms with E-state index < -0.39 is 0 Å². The average molecular weight is 349 g/mol. The number of phenols is 1. The Labute approximate surface area is 143 Å². The number of hydrogen-bond acceptors (Lipinski definition) is 5. The third-order valence-corrected chi connectivity index (χ3v) is 4.95. The van der Waals surface area contributed by atoms with Crippen molar-refractivity contribution < 1.29 is 14.6 Å². The van der Waals surface area contributed by atoms with Gasteiger partial charge in [0.25, 0.3) is 0 Å². The van der Waals surface area contributed by atoms with E-state index in [0.29, 0.717) is 19.7 Å². The van der Waals surface area contributed by atoms with Crippen molar-refractivity contribution in [3.8, 4) is 5.75 Å². The largest absolute Gasteiger partial charge is 0.506 e. The predicted molar refractivity (Wildman–Crippen MR) is 85.7 cm³/mol. The summed E-state index contributed by atoms with van der Waals surface area (Å²) in [4.78, 5) is 14.5. The van der Waals surface area contributed by atoms with Crippen LogP contribution < -0.4 is 0 Å². The number of carbonyl (C=O) groups is 1. The first-order chi connectivity index (χ1) is 11.6. The van der Waals surface area contributed by atoms with Gasteiger partial charge in [-0.25, -0.2) is 4.68 Å². The van der Waals surface area contributed by atoms with Crippen LogP contribution >= 0.6 is 11.6 Å². The maximum absolute atomic E-state index is 12.6. The molecule has 2 aromatic rings. The second-order valence-electron chi connectivity index (χ2n) is 6.18. The standard InChI is InChI=1S/C16H17ClN4O3/c17-12-5-10(1-2-14(12)22)6-16(23)20-4-3-15-13(8-20)21-11(9-24-15)7-18-19-21/h1-2,5,7,13,15,22H,3-4,6,8-9H2/t13-,15+/m0/s1. The molecule has 0 aliphatic carbocycles. The molecule has 0 radical (unpaired) electrons. The second-order valence-corrected chi connectivity index (χ2v) is 6.58. The molecule has 0 spiro atoms. The van der Waals surface area contributed by atoms with Crippen molar-refractivity contribution in [3.63, 3.8) is 0 Å². The summed E-state index contributed by atoms with van der Waals surface area (Å²) in [5, 5.41) is 17.8. The summed E-state index contributed by atoms with van der Waals surface area (Å²) in [6.45, 7) is 1.75. The van der Waals surface area contributed by atoms with Crippen molar-refractivity contribution in [3.05, 3.63) is 40.7 Å². The maximum Gasteiger partial charge on any atom is 0.227 e. The molecule has 126 valence electrons. The number of phenolic OH excluding ortho intramolecular Hbond substituents is 1. The number of benzene rings is 1. The fourth-order valence-corrected chi connectivity index (χ4v) is 3.56. The Morgan fingerprint density at radius 3 is 3.17 bits per heavy atom. The van der Waals surface area contributed by atoms with Crippen LogP contribution in [0.25, 0.3) is 0 Å². The van der Waals surface area contributed by atoms with E-state index in [4.69, 9.17) is 16.3 Å². The number of likely N-dealkylation sites (tertiary alicyclic amines) is 1. The van der Waals surface area contributed by atoms with E-state index >= 15 is 0 Å². The molecule has 8 heteroatoms. The van der Waals surface area contributed by atoms with E-state index in [-0.39, 0.29) is 35.2 Å². The molecule has 2 aliphatic heterocycles. The number of hydrogen-bond donors (Lipinski definition) is 1. The third kappa shape index (κ3) is 2.74. The van der Waals surface area contributed by atoms with Crippen LogP contribution in [0.5, 0.6) is 5.75 Å². The van der Waals surface area contributed by atoms with E-state index in [9.17, 15) is 9.90 Å². The number of fused-ring (bicyclic) bond motifs is 3. The first kappa shape index (κ1) is 15.4. The van der Waals surface area contributed by atoms with E-state index in [1.165, 1.54) is 6.07 Å². The van der Waals surface area contributed by atoms with Gasteiger partial charge in [-0.2, -0.15) is 0 Å². The van der Waals surface area contributed by atoms with Gasteiger partial charge in [-0.1, -0.05) is 22.9 Å². The number of piperidine rings is 1. The van der Waals surface area contributed by atoms with Crippen LogP contribution in [0.1, 0.15) is 23.7 Å². The molecule has 0 bridgehead atoms. The van der Waals surface area contributed by atoms with Gasteiger partial charge in [-0.15, -0.1) is 5.10 Å². The van der Waals surface area contributed by atoms with Gasteiger partial charge in [0, 0.05) is 13.1 Å². The minimum Gasteiger partial charge on any atom is -0.506 e. The number of amides is 1. The molecule has 24 heavy (non-hydrogen) atoms. The summed E-state index contributed by atoms with van der Waals surface area (Å²) >= 11 is 5.91. The fourth-order valence-electron chi connectivity index (χ4n) is 3.35. The number of halogens is 1. The van der Waals surface area contributed by atoms with Gasteiger partial charge in [0.05, 0.1) is 42.1 Å². The minimum atomic E-state index is 0.0114. The predicted octanol–water partition coefficient (Wildman–Crippen LogP) is 1.55. The van der Waals surface area contributed by atoms with Gasteiger partial charge in [-0.3, -0.25) is 4.79 Å².